The number of esters is 1. The van der Waals surface area contributed by atoms with Crippen molar-refractivity contribution < 1.29 is 27.1 Å². The van der Waals surface area contributed by atoms with Crippen LogP contribution in [-0.2, 0) is 10.9 Å². The first-order valence-corrected chi connectivity index (χ1v) is 6.46. The predicted octanol–water partition coefficient (Wildman–Crippen LogP) is 3.91. The number of aryl methyl sites for hydroxylation is 1. The number of nitrogens with zero attached hydrogens (tertiary/aromatic N) is 1. The van der Waals surface area contributed by atoms with Crippen LogP contribution in [0.3, 0.4) is 0 Å². The molecule has 0 radical (unpaired) electrons. The zero-order valence-corrected chi connectivity index (χ0v) is 11.4. The normalized spacial score (nSPS) is 11.7. The van der Waals surface area contributed by atoms with Crippen LogP contribution in [0.5, 0.6) is 0 Å². The number of alkyl halides is 3. The van der Waals surface area contributed by atoms with E-state index in [4.69, 9.17) is 4.42 Å². The molecule has 0 saturated heterocycles. The largest absolute Gasteiger partial charge is 0.460 e. The molecule has 0 aliphatic carbocycles. The van der Waals surface area contributed by atoms with Gasteiger partial charge in [-0.15, -0.1) is 11.3 Å². The summed E-state index contributed by atoms with van der Waals surface area (Å²) in [5.74, 6) is -2.33. The van der Waals surface area contributed by atoms with E-state index in [1.807, 2.05) is 0 Å². The van der Waals surface area contributed by atoms with Gasteiger partial charge in [0.2, 0.25) is 11.7 Å². The smallest absolute Gasteiger partial charge is 0.437 e. The first-order chi connectivity index (χ1) is 9.32. The van der Waals surface area contributed by atoms with Gasteiger partial charge in [0.05, 0.1) is 11.5 Å². The van der Waals surface area contributed by atoms with Gasteiger partial charge in [0.15, 0.2) is 5.69 Å². The molecule has 0 unspecified atom stereocenters. The molecule has 0 amide bonds. The van der Waals surface area contributed by atoms with E-state index < -0.39 is 23.6 Å². The lowest BCUT2D eigenvalue weighted by atomic mass is 10.3. The Morgan fingerprint density at radius 1 is 1.45 bits per heavy atom. The summed E-state index contributed by atoms with van der Waals surface area (Å²) in [6.45, 7) is 3.24. The van der Waals surface area contributed by atoms with E-state index in [1.165, 1.54) is 18.3 Å². The van der Waals surface area contributed by atoms with Crippen molar-refractivity contribution in [3.05, 3.63) is 28.5 Å². The number of carbonyl (C=O) groups is 1. The Kier molecular flexibility index (Phi) is 3.85. The molecule has 0 aliphatic heterocycles. The molecule has 8 heteroatoms. The van der Waals surface area contributed by atoms with Crippen molar-refractivity contribution in [1.29, 1.82) is 0 Å². The molecular weight excluding hydrogens is 295 g/mol. The van der Waals surface area contributed by atoms with Gasteiger partial charge >= 0.3 is 12.1 Å². The number of carbonyl (C=O) groups excluding carboxylic acids is 1. The Bertz CT molecular complexity index is 630. The van der Waals surface area contributed by atoms with Crippen LogP contribution in [0.1, 0.15) is 28.0 Å². The van der Waals surface area contributed by atoms with Crippen molar-refractivity contribution in [2.24, 2.45) is 0 Å². The second-order valence-corrected chi connectivity index (χ2v) is 5.11. The average molecular weight is 305 g/mol. The number of ether oxygens (including phenoxy) is 1. The second kappa shape index (κ2) is 5.28. The number of hydrogen-bond donors (Lipinski definition) is 0. The van der Waals surface area contributed by atoms with Crippen LogP contribution in [0.15, 0.2) is 16.5 Å². The molecule has 2 heterocycles. The summed E-state index contributed by atoms with van der Waals surface area (Å²) in [5.41, 5.74) is -1.36. The van der Waals surface area contributed by atoms with E-state index in [0.717, 1.165) is 4.88 Å². The third-order valence-corrected chi connectivity index (χ3v) is 3.30. The first kappa shape index (κ1) is 14.6. The fourth-order valence-corrected chi connectivity index (χ4v) is 2.30. The molecule has 108 valence electrons. The Hall–Kier alpha value is -1.83. The summed E-state index contributed by atoms with van der Waals surface area (Å²) in [4.78, 5) is 16.2. The molecule has 2 aromatic heterocycles. The quantitative estimate of drug-likeness (QED) is 0.807. The summed E-state index contributed by atoms with van der Waals surface area (Å²) in [6.07, 6.45) is -4.78. The molecule has 0 fully saturated rings. The van der Waals surface area contributed by atoms with Crippen molar-refractivity contribution in [2.75, 3.05) is 6.61 Å². The van der Waals surface area contributed by atoms with Crippen molar-refractivity contribution in [3.63, 3.8) is 0 Å². The summed E-state index contributed by atoms with van der Waals surface area (Å²) < 4.78 is 48.1. The number of halogens is 3. The van der Waals surface area contributed by atoms with Gasteiger partial charge in [0.25, 0.3) is 0 Å². The third kappa shape index (κ3) is 2.84. The Labute approximate surface area is 116 Å². The maximum Gasteiger partial charge on any atom is 0.437 e. The minimum atomic E-state index is -4.78. The highest BCUT2D eigenvalue weighted by atomic mass is 32.1. The number of hydrogen-bond acceptors (Lipinski definition) is 5. The van der Waals surface area contributed by atoms with Crippen LogP contribution in [0, 0.1) is 6.92 Å². The van der Waals surface area contributed by atoms with E-state index in [9.17, 15) is 18.0 Å². The fourth-order valence-electron chi connectivity index (χ4n) is 1.50. The van der Waals surface area contributed by atoms with Crippen LogP contribution in [-0.4, -0.2) is 17.6 Å². The summed E-state index contributed by atoms with van der Waals surface area (Å²) in [7, 11) is 0. The summed E-state index contributed by atoms with van der Waals surface area (Å²) >= 11 is 1.22. The summed E-state index contributed by atoms with van der Waals surface area (Å²) in [6, 6.07) is 3.31. The Morgan fingerprint density at radius 2 is 2.15 bits per heavy atom. The van der Waals surface area contributed by atoms with Crippen molar-refractivity contribution in [2.45, 2.75) is 20.0 Å². The highest BCUT2D eigenvalue weighted by Crippen LogP contribution is 2.36. The monoisotopic (exact) mass is 305 g/mol. The average Bonchev–Trinajstić information content (AvgIpc) is 2.94. The first-order valence-electron chi connectivity index (χ1n) is 5.65. The number of rotatable bonds is 3. The minimum Gasteiger partial charge on any atom is -0.460 e. The highest BCUT2D eigenvalue weighted by molar-refractivity contribution is 7.15. The van der Waals surface area contributed by atoms with E-state index >= 15 is 0 Å². The molecule has 2 aromatic rings. The van der Waals surface area contributed by atoms with E-state index in [2.05, 4.69) is 9.72 Å². The van der Waals surface area contributed by atoms with Gasteiger partial charge in [0, 0.05) is 4.88 Å². The van der Waals surface area contributed by atoms with E-state index in [-0.39, 0.29) is 12.5 Å². The molecule has 0 spiro atoms. The number of oxazole rings is 1. The van der Waals surface area contributed by atoms with Crippen LogP contribution >= 0.6 is 11.3 Å². The molecule has 0 saturated carbocycles. The maximum atomic E-state index is 12.9. The van der Waals surface area contributed by atoms with Crippen LogP contribution in [0.25, 0.3) is 10.8 Å². The number of aromatic nitrogens is 1. The molecule has 0 aliphatic rings. The van der Waals surface area contributed by atoms with Crippen molar-refractivity contribution in [1.82, 2.24) is 4.98 Å². The topological polar surface area (TPSA) is 52.3 Å². The van der Waals surface area contributed by atoms with Crippen molar-refractivity contribution >= 4 is 17.3 Å². The van der Waals surface area contributed by atoms with Crippen LogP contribution in [0.4, 0.5) is 13.2 Å². The molecule has 20 heavy (non-hydrogen) atoms. The molecule has 0 atom stereocenters. The Morgan fingerprint density at radius 3 is 2.65 bits per heavy atom. The van der Waals surface area contributed by atoms with Gasteiger partial charge in [-0.1, -0.05) is 0 Å². The van der Waals surface area contributed by atoms with Crippen molar-refractivity contribution in [3.8, 4) is 10.8 Å². The fraction of sp³-hybridized carbons (Fsp3) is 0.333. The SMILES string of the molecule is CCOC(=O)c1oc(-c2ccc(C)s2)nc1C(F)(F)F. The standard InChI is InChI=1S/C12H10F3NO3S/c1-3-18-11(17)8-9(12(13,14)15)16-10(19-8)7-5-4-6(2)20-7/h4-5H,3H2,1-2H3. The molecule has 4 nitrogen and oxygen atoms in total. The third-order valence-electron chi connectivity index (χ3n) is 2.31. The van der Waals surface area contributed by atoms with E-state index in [0.29, 0.717) is 4.88 Å². The molecule has 0 N–H and O–H groups in total. The Balaban J connectivity index is 2.50. The van der Waals surface area contributed by atoms with Gasteiger partial charge in [0.1, 0.15) is 0 Å². The minimum absolute atomic E-state index is 0.0513. The highest BCUT2D eigenvalue weighted by Gasteiger charge is 2.42. The molecular formula is C12H10F3NO3S. The summed E-state index contributed by atoms with van der Waals surface area (Å²) in [5, 5.41) is 0. The zero-order valence-electron chi connectivity index (χ0n) is 10.6. The molecule has 2 rings (SSSR count). The lowest BCUT2D eigenvalue weighted by Gasteiger charge is -2.03. The predicted molar refractivity (Wildman–Crippen MR) is 65.5 cm³/mol. The van der Waals surface area contributed by atoms with E-state index in [1.54, 1.807) is 19.1 Å². The zero-order chi connectivity index (χ0) is 14.9. The van der Waals surface area contributed by atoms with Gasteiger partial charge in [-0.2, -0.15) is 13.2 Å². The van der Waals surface area contributed by atoms with Gasteiger partial charge in [-0.3, -0.25) is 0 Å². The van der Waals surface area contributed by atoms with Gasteiger partial charge < -0.3 is 9.15 Å². The van der Waals surface area contributed by atoms with Crippen LogP contribution < -0.4 is 0 Å². The maximum absolute atomic E-state index is 12.9. The number of thiophene rings is 1. The molecule has 0 bridgehead atoms. The van der Waals surface area contributed by atoms with Gasteiger partial charge in [-0.25, -0.2) is 9.78 Å². The van der Waals surface area contributed by atoms with Crippen LogP contribution in [0.2, 0.25) is 0 Å². The molecule has 0 aromatic carbocycles. The van der Waals surface area contributed by atoms with Gasteiger partial charge in [-0.05, 0) is 26.0 Å². The lowest BCUT2D eigenvalue weighted by molar-refractivity contribution is -0.141. The second-order valence-electron chi connectivity index (χ2n) is 3.83. The lowest BCUT2D eigenvalue weighted by Crippen LogP contribution is -2.14.